The van der Waals surface area contributed by atoms with Gasteiger partial charge in [-0.2, -0.15) is 5.10 Å². The molecule has 30 heavy (non-hydrogen) atoms. The molecule has 156 valence electrons. The Kier molecular flexibility index (Phi) is 6.32. The second kappa shape index (κ2) is 9.12. The molecule has 2 aromatic heterocycles. The number of benzene rings is 1. The van der Waals surface area contributed by atoms with E-state index >= 15 is 0 Å². The van der Waals surface area contributed by atoms with Crippen molar-refractivity contribution in [1.82, 2.24) is 24.2 Å². The summed E-state index contributed by atoms with van der Waals surface area (Å²) in [6.07, 6.45) is 5.41. The summed E-state index contributed by atoms with van der Waals surface area (Å²) in [5, 5.41) is 5.59. The smallest absolute Gasteiger partial charge is 0.199 e. The van der Waals surface area contributed by atoms with E-state index in [-0.39, 0.29) is 0 Å². The van der Waals surface area contributed by atoms with Gasteiger partial charge in [-0.25, -0.2) is 4.68 Å². The summed E-state index contributed by atoms with van der Waals surface area (Å²) in [6, 6.07) is 9.99. The maximum atomic E-state index is 6.21. The van der Waals surface area contributed by atoms with Crippen molar-refractivity contribution in [2.24, 2.45) is 0 Å². The number of hydrogen-bond acceptors (Lipinski definition) is 5. The minimum Gasteiger partial charge on any atom is -0.369 e. The van der Waals surface area contributed by atoms with Crippen LogP contribution < -0.4 is 4.90 Å². The van der Waals surface area contributed by atoms with Gasteiger partial charge in [0.15, 0.2) is 10.6 Å². The summed E-state index contributed by atoms with van der Waals surface area (Å²) in [4.78, 5) is 9.00. The van der Waals surface area contributed by atoms with E-state index in [0.717, 1.165) is 42.6 Å². The zero-order chi connectivity index (χ0) is 21.1. The Balaban J connectivity index is 1.50. The molecule has 0 aliphatic carbocycles. The molecule has 1 aromatic carbocycles. The Morgan fingerprint density at radius 3 is 2.70 bits per heavy atom. The average molecular weight is 441 g/mol. The maximum Gasteiger partial charge on any atom is 0.199 e. The molecule has 1 aliphatic rings. The van der Waals surface area contributed by atoms with Crippen LogP contribution >= 0.6 is 23.8 Å². The van der Waals surface area contributed by atoms with Crippen molar-refractivity contribution in [2.45, 2.75) is 20.1 Å². The minimum atomic E-state index is 0.616. The maximum absolute atomic E-state index is 6.21. The molecule has 1 fully saturated rings. The van der Waals surface area contributed by atoms with Crippen LogP contribution in [0.1, 0.15) is 5.56 Å². The highest BCUT2D eigenvalue weighted by Crippen LogP contribution is 2.25. The average Bonchev–Trinajstić information content (AvgIpc) is 3.07. The number of allylic oxidation sites excluding steroid dienone is 1. The highest BCUT2D eigenvalue weighted by atomic mass is 35.5. The zero-order valence-electron chi connectivity index (χ0n) is 17.0. The van der Waals surface area contributed by atoms with Gasteiger partial charge in [-0.15, -0.1) is 6.58 Å². The van der Waals surface area contributed by atoms with Crippen LogP contribution in [0.5, 0.6) is 0 Å². The number of hydrogen-bond donors (Lipinski definition) is 0. The molecular formula is C22H25ClN6S. The lowest BCUT2D eigenvalue weighted by molar-refractivity contribution is 0.194. The Morgan fingerprint density at radius 2 is 2.00 bits per heavy atom. The highest BCUT2D eigenvalue weighted by Gasteiger charge is 2.20. The Bertz CT molecular complexity index is 1080. The van der Waals surface area contributed by atoms with E-state index in [1.807, 2.05) is 39.7 Å². The van der Waals surface area contributed by atoms with E-state index in [9.17, 15) is 0 Å². The van der Waals surface area contributed by atoms with Crippen molar-refractivity contribution in [3.63, 3.8) is 0 Å². The molecule has 3 aromatic rings. The molecule has 3 heterocycles. The molecular weight excluding hydrogens is 416 g/mol. The SMILES string of the molecule is C=CCn1c(-c2cccnc2)nn(CN2CCN(c3cc(Cl)ccc3C)CC2)c1=S. The van der Waals surface area contributed by atoms with Crippen LogP contribution in [0.25, 0.3) is 11.4 Å². The predicted molar refractivity (Wildman–Crippen MR) is 124 cm³/mol. The minimum absolute atomic E-state index is 0.616. The fourth-order valence-corrected chi connectivity index (χ4v) is 4.20. The molecule has 8 heteroatoms. The summed E-state index contributed by atoms with van der Waals surface area (Å²) < 4.78 is 4.61. The number of aryl methyl sites for hydroxylation is 1. The molecule has 0 unspecified atom stereocenters. The van der Waals surface area contributed by atoms with Gasteiger partial charge >= 0.3 is 0 Å². The van der Waals surface area contributed by atoms with Crippen molar-refractivity contribution >= 4 is 29.5 Å². The quantitative estimate of drug-likeness (QED) is 0.419. The normalized spacial score (nSPS) is 14.8. The van der Waals surface area contributed by atoms with Crippen molar-refractivity contribution in [3.05, 3.63) is 70.7 Å². The van der Waals surface area contributed by atoms with Gasteiger partial charge in [0.2, 0.25) is 0 Å². The van der Waals surface area contributed by atoms with E-state index in [1.54, 1.807) is 6.20 Å². The number of anilines is 1. The highest BCUT2D eigenvalue weighted by molar-refractivity contribution is 7.71. The first-order chi connectivity index (χ1) is 14.6. The summed E-state index contributed by atoms with van der Waals surface area (Å²) in [5.41, 5.74) is 3.41. The van der Waals surface area contributed by atoms with Crippen LogP contribution in [-0.2, 0) is 13.2 Å². The fraction of sp³-hybridized carbons (Fsp3) is 0.318. The number of rotatable bonds is 6. The number of pyridine rings is 1. The summed E-state index contributed by atoms with van der Waals surface area (Å²) in [5.74, 6) is 0.821. The third kappa shape index (κ3) is 4.33. The van der Waals surface area contributed by atoms with Crippen LogP contribution in [0.3, 0.4) is 0 Å². The standard InChI is InChI=1S/C22H25ClN6S/c1-3-9-28-21(18-5-4-8-24-15-18)25-29(22(28)30)16-26-10-12-27(13-11-26)20-14-19(23)7-6-17(20)2/h3-8,14-15H,1,9-13,16H2,2H3. The van der Waals surface area contributed by atoms with Crippen LogP contribution in [-0.4, -0.2) is 50.4 Å². The molecule has 4 rings (SSSR count). The number of piperazine rings is 1. The van der Waals surface area contributed by atoms with Crippen molar-refractivity contribution < 1.29 is 0 Å². The molecule has 0 spiro atoms. The summed E-state index contributed by atoms with van der Waals surface area (Å²) in [6.45, 7) is 11.0. The molecule has 1 aliphatic heterocycles. The van der Waals surface area contributed by atoms with E-state index in [0.29, 0.717) is 18.0 Å². The van der Waals surface area contributed by atoms with E-state index < -0.39 is 0 Å². The van der Waals surface area contributed by atoms with Crippen LogP contribution in [0.4, 0.5) is 5.69 Å². The molecule has 0 saturated carbocycles. The molecule has 0 N–H and O–H groups in total. The third-order valence-corrected chi connectivity index (χ3v) is 6.04. The fourth-order valence-electron chi connectivity index (χ4n) is 3.78. The van der Waals surface area contributed by atoms with Crippen LogP contribution in [0, 0.1) is 11.7 Å². The lowest BCUT2D eigenvalue weighted by Gasteiger charge is -2.36. The van der Waals surface area contributed by atoms with Gasteiger partial charge in [-0.1, -0.05) is 23.7 Å². The molecule has 0 bridgehead atoms. The summed E-state index contributed by atoms with van der Waals surface area (Å²) in [7, 11) is 0. The van der Waals surface area contributed by atoms with Gasteiger partial charge in [-0.05, 0) is 49.0 Å². The predicted octanol–water partition coefficient (Wildman–Crippen LogP) is 4.40. The second-order valence-corrected chi connectivity index (χ2v) is 8.23. The monoisotopic (exact) mass is 440 g/mol. The topological polar surface area (TPSA) is 42.1 Å². The largest absolute Gasteiger partial charge is 0.369 e. The molecule has 0 radical (unpaired) electrons. The lowest BCUT2D eigenvalue weighted by Crippen LogP contribution is -2.47. The van der Waals surface area contributed by atoms with Gasteiger partial charge in [0, 0.05) is 61.4 Å². The Morgan fingerprint density at radius 1 is 1.20 bits per heavy atom. The van der Waals surface area contributed by atoms with Crippen LogP contribution in [0.2, 0.25) is 5.02 Å². The van der Waals surface area contributed by atoms with Gasteiger partial charge < -0.3 is 4.90 Å². The van der Waals surface area contributed by atoms with E-state index in [1.165, 1.54) is 11.3 Å². The van der Waals surface area contributed by atoms with Gasteiger partial charge in [0.1, 0.15) is 0 Å². The van der Waals surface area contributed by atoms with Crippen molar-refractivity contribution in [2.75, 3.05) is 31.1 Å². The number of nitrogens with zero attached hydrogens (tertiary/aromatic N) is 6. The lowest BCUT2D eigenvalue weighted by atomic mass is 10.1. The van der Waals surface area contributed by atoms with Crippen molar-refractivity contribution in [1.29, 1.82) is 0 Å². The van der Waals surface area contributed by atoms with E-state index in [2.05, 4.69) is 40.4 Å². The van der Waals surface area contributed by atoms with Crippen molar-refractivity contribution in [3.8, 4) is 11.4 Å². The molecule has 6 nitrogen and oxygen atoms in total. The Hall–Kier alpha value is -2.48. The first-order valence-electron chi connectivity index (χ1n) is 9.99. The first kappa shape index (κ1) is 20.8. The molecule has 1 saturated heterocycles. The van der Waals surface area contributed by atoms with Crippen LogP contribution in [0.15, 0.2) is 55.4 Å². The van der Waals surface area contributed by atoms with Gasteiger partial charge in [-0.3, -0.25) is 14.5 Å². The molecule has 0 amide bonds. The van der Waals surface area contributed by atoms with Gasteiger partial charge in [0.05, 0.1) is 6.67 Å². The Labute approximate surface area is 187 Å². The van der Waals surface area contributed by atoms with E-state index in [4.69, 9.17) is 28.9 Å². The first-order valence-corrected chi connectivity index (χ1v) is 10.8. The number of halogens is 1. The third-order valence-electron chi connectivity index (χ3n) is 5.37. The zero-order valence-corrected chi connectivity index (χ0v) is 18.6. The van der Waals surface area contributed by atoms with Gasteiger partial charge in [0.25, 0.3) is 0 Å². The second-order valence-electron chi connectivity index (χ2n) is 7.42. The summed E-state index contributed by atoms with van der Waals surface area (Å²) >= 11 is 11.9. The molecule has 0 atom stereocenters. The number of aromatic nitrogens is 4.